The molecule has 19 heavy (non-hydrogen) atoms. The summed E-state index contributed by atoms with van der Waals surface area (Å²) < 4.78 is 15.4. The monoisotopic (exact) mass is 262 g/mol. The largest absolute Gasteiger partial charge is 0.480 e. The van der Waals surface area contributed by atoms with Crippen LogP contribution in [0.1, 0.15) is 27.7 Å². The van der Waals surface area contributed by atoms with E-state index >= 15 is 0 Å². The first-order chi connectivity index (χ1) is 9.11. The number of hydrogen-bond acceptors (Lipinski definition) is 6. The molecule has 0 bridgehead atoms. The minimum Gasteiger partial charge on any atom is -0.480 e. The lowest BCUT2D eigenvalue weighted by molar-refractivity contribution is 0.0432. The first-order valence-corrected chi connectivity index (χ1v) is 5.71. The number of hydrogen-bond donors (Lipinski definition) is 0. The molecular formula is C13H14N2O4. The summed E-state index contributed by atoms with van der Waals surface area (Å²) in [5, 5.41) is 0. The van der Waals surface area contributed by atoms with Crippen LogP contribution in [0.5, 0.6) is 5.88 Å². The van der Waals surface area contributed by atoms with E-state index in [1.807, 2.05) is 6.92 Å². The molecule has 0 unspecified atom stereocenters. The Bertz CT molecular complexity index is 573. The van der Waals surface area contributed by atoms with E-state index in [0.29, 0.717) is 11.7 Å². The second-order valence-corrected chi connectivity index (χ2v) is 3.89. The standard InChI is InChI=1S/C13H14N2O4/c1-8-9(2)19-11(15-8)7-18-13(16)10-5-4-6-14-12(10)17-3/h4-6H,7H2,1-3H3. The lowest BCUT2D eigenvalue weighted by Crippen LogP contribution is -2.08. The predicted octanol–water partition coefficient (Wildman–Crippen LogP) is 2.05. The van der Waals surface area contributed by atoms with E-state index in [2.05, 4.69) is 9.97 Å². The summed E-state index contributed by atoms with van der Waals surface area (Å²) in [7, 11) is 1.44. The van der Waals surface area contributed by atoms with Crippen molar-refractivity contribution in [2.45, 2.75) is 20.5 Å². The highest BCUT2D eigenvalue weighted by molar-refractivity contribution is 5.91. The van der Waals surface area contributed by atoms with E-state index in [1.54, 1.807) is 19.1 Å². The van der Waals surface area contributed by atoms with Crippen LogP contribution < -0.4 is 4.74 Å². The zero-order valence-electron chi connectivity index (χ0n) is 11.0. The average molecular weight is 262 g/mol. The maximum Gasteiger partial charge on any atom is 0.344 e. The van der Waals surface area contributed by atoms with Crippen LogP contribution in [0, 0.1) is 13.8 Å². The maximum atomic E-state index is 11.9. The summed E-state index contributed by atoms with van der Waals surface area (Å²) in [6, 6.07) is 3.22. The molecule has 2 aromatic heterocycles. The van der Waals surface area contributed by atoms with Gasteiger partial charge in [0.05, 0.1) is 12.8 Å². The van der Waals surface area contributed by atoms with Crippen molar-refractivity contribution in [1.82, 2.24) is 9.97 Å². The van der Waals surface area contributed by atoms with E-state index < -0.39 is 5.97 Å². The number of rotatable bonds is 4. The third-order valence-corrected chi connectivity index (χ3v) is 2.58. The number of oxazole rings is 1. The number of pyridine rings is 1. The molecule has 100 valence electrons. The lowest BCUT2D eigenvalue weighted by Gasteiger charge is -2.05. The van der Waals surface area contributed by atoms with Gasteiger partial charge in [0.25, 0.3) is 0 Å². The van der Waals surface area contributed by atoms with Crippen molar-refractivity contribution in [3.63, 3.8) is 0 Å². The predicted molar refractivity (Wildman–Crippen MR) is 65.9 cm³/mol. The molecule has 0 fully saturated rings. The summed E-state index contributed by atoms with van der Waals surface area (Å²) in [5.74, 6) is 0.780. The molecule has 2 heterocycles. The molecule has 0 saturated heterocycles. The summed E-state index contributed by atoms with van der Waals surface area (Å²) in [6.07, 6.45) is 1.54. The number of aromatic nitrogens is 2. The Morgan fingerprint density at radius 1 is 1.42 bits per heavy atom. The first-order valence-electron chi connectivity index (χ1n) is 5.71. The fraction of sp³-hybridized carbons (Fsp3) is 0.308. The van der Waals surface area contributed by atoms with E-state index in [9.17, 15) is 4.79 Å². The smallest absolute Gasteiger partial charge is 0.344 e. The Kier molecular flexibility index (Phi) is 3.79. The Morgan fingerprint density at radius 3 is 2.84 bits per heavy atom. The van der Waals surface area contributed by atoms with E-state index in [4.69, 9.17) is 13.9 Å². The normalized spacial score (nSPS) is 10.3. The van der Waals surface area contributed by atoms with Crippen molar-refractivity contribution < 1.29 is 18.7 Å². The molecular weight excluding hydrogens is 248 g/mol. The molecule has 0 atom stereocenters. The summed E-state index contributed by atoms with van der Waals surface area (Å²) in [6.45, 7) is 3.61. The average Bonchev–Trinajstić information content (AvgIpc) is 2.75. The van der Waals surface area contributed by atoms with E-state index in [0.717, 1.165) is 5.69 Å². The van der Waals surface area contributed by atoms with Crippen LogP contribution in [0.15, 0.2) is 22.7 Å². The van der Waals surface area contributed by atoms with Gasteiger partial charge in [0, 0.05) is 6.20 Å². The topological polar surface area (TPSA) is 74.5 Å². The van der Waals surface area contributed by atoms with Gasteiger partial charge >= 0.3 is 5.97 Å². The molecule has 6 heteroatoms. The van der Waals surface area contributed by atoms with Gasteiger partial charge < -0.3 is 13.9 Å². The molecule has 0 aliphatic carbocycles. The van der Waals surface area contributed by atoms with Crippen molar-refractivity contribution in [3.05, 3.63) is 41.2 Å². The van der Waals surface area contributed by atoms with Crippen LogP contribution in [0.4, 0.5) is 0 Å². The summed E-state index contributed by atoms with van der Waals surface area (Å²) in [5.41, 5.74) is 1.05. The molecule has 2 aromatic rings. The molecule has 0 spiro atoms. The minimum atomic E-state index is -0.529. The van der Waals surface area contributed by atoms with Crippen molar-refractivity contribution >= 4 is 5.97 Å². The summed E-state index contributed by atoms with van der Waals surface area (Å²) >= 11 is 0. The van der Waals surface area contributed by atoms with Gasteiger partial charge in [-0.1, -0.05) is 0 Å². The van der Waals surface area contributed by atoms with E-state index in [1.165, 1.54) is 13.3 Å². The van der Waals surface area contributed by atoms with Crippen LogP contribution in [-0.4, -0.2) is 23.0 Å². The van der Waals surface area contributed by atoms with Crippen LogP contribution >= 0.6 is 0 Å². The number of aryl methyl sites for hydroxylation is 2. The number of carbonyl (C=O) groups excluding carboxylic acids is 1. The van der Waals surface area contributed by atoms with Crippen molar-refractivity contribution in [2.24, 2.45) is 0 Å². The number of ether oxygens (including phenoxy) is 2. The van der Waals surface area contributed by atoms with Gasteiger partial charge in [-0.3, -0.25) is 0 Å². The maximum absolute atomic E-state index is 11.9. The number of nitrogens with zero attached hydrogens (tertiary/aromatic N) is 2. The van der Waals surface area contributed by atoms with Crippen LogP contribution in [0.25, 0.3) is 0 Å². The molecule has 6 nitrogen and oxygen atoms in total. The van der Waals surface area contributed by atoms with Crippen molar-refractivity contribution in [3.8, 4) is 5.88 Å². The Labute approximate surface area is 110 Å². The second-order valence-electron chi connectivity index (χ2n) is 3.89. The molecule has 0 aromatic carbocycles. The van der Waals surface area contributed by atoms with Gasteiger partial charge in [0.1, 0.15) is 11.3 Å². The molecule has 0 aliphatic rings. The van der Waals surface area contributed by atoms with Crippen molar-refractivity contribution in [1.29, 1.82) is 0 Å². The summed E-state index contributed by atoms with van der Waals surface area (Å²) in [4.78, 5) is 19.9. The Hall–Kier alpha value is -2.37. The highest BCUT2D eigenvalue weighted by Crippen LogP contribution is 2.16. The molecule has 0 N–H and O–H groups in total. The highest BCUT2D eigenvalue weighted by Gasteiger charge is 2.15. The van der Waals surface area contributed by atoms with E-state index in [-0.39, 0.29) is 18.1 Å². The molecule has 0 aliphatic heterocycles. The minimum absolute atomic E-state index is 0.0223. The fourth-order valence-electron chi connectivity index (χ4n) is 1.51. The fourth-order valence-corrected chi connectivity index (χ4v) is 1.51. The Balaban J connectivity index is 2.05. The van der Waals surface area contributed by atoms with Gasteiger partial charge in [-0.2, -0.15) is 0 Å². The number of carbonyl (C=O) groups is 1. The first kappa shape index (κ1) is 13.1. The third kappa shape index (κ3) is 2.90. The molecule has 0 saturated carbocycles. The zero-order valence-corrected chi connectivity index (χ0v) is 11.0. The highest BCUT2D eigenvalue weighted by atomic mass is 16.5. The number of esters is 1. The van der Waals surface area contributed by atoms with Crippen LogP contribution in [-0.2, 0) is 11.3 Å². The zero-order chi connectivity index (χ0) is 13.8. The lowest BCUT2D eigenvalue weighted by atomic mass is 10.3. The van der Waals surface area contributed by atoms with Gasteiger partial charge in [-0.15, -0.1) is 0 Å². The quantitative estimate of drug-likeness (QED) is 0.785. The molecule has 2 rings (SSSR count). The SMILES string of the molecule is COc1ncccc1C(=O)OCc1nc(C)c(C)o1. The van der Waals surface area contributed by atoms with Gasteiger partial charge in [0.2, 0.25) is 11.8 Å². The van der Waals surface area contributed by atoms with Crippen LogP contribution in [0.2, 0.25) is 0 Å². The van der Waals surface area contributed by atoms with Gasteiger partial charge in [0.15, 0.2) is 6.61 Å². The van der Waals surface area contributed by atoms with Crippen molar-refractivity contribution in [2.75, 3.05) is 7.11 Å². The van der Waals surface area contributed by atoms with Crippen LogP contribution in [0.3, 0.4) is 0 Å². The second kappa shape index (κ2) is 5.51. The molecule has 0 amide bonds. The molecule has 0 radical (unpaired) electrons. The number of methoxy groups -OCH3 is 1. The Morgan fingerprint density at radius 2 is 2.21 bits per heavy atom. The third-order valence-electron chi connectivity index (χ3n) is 2.58. The van der Waals surface area contributed by atoms with Gasteiger partial charge in [-0.25, -0.2) is 14.8 Å². The van der Waals surface area contributed by atoms with Gasteiger partial charge in [-0.05, 0) is 26.0 Å².